The van der Waals surface area contributed by atoms with Crippen LogP contribution in [0.25, 0.3) is 0 Å². The van der Waals surface area contributed by atoms with E-state index in [0.717, 1.165) is 73.8 Å². The van der Waals surface area contributed by atoms with Crippen LogP contribution in [-0.4, -0.2) is 68.3 Å². The molecule has 4 atom stereocenters. The number of hydrogen-bond acceptors (Lipinski definition) is 15. The van der Waals surface area contributed by atoms with Crippen LogP contribution in [0.4, 0.5) is 17.6 Å². The number of carboxylic acid groups (broad SMARTS) is 1. The topological polar surface area (TPSA) is 191 Å². The van der Waals surface area contributed by atoms with Crippen molar-refractivity contribution in [1.29, 1.82) is 0 Å². The number of nitrogens with zero attached hydrogens (tertiary/aromatic N) is 4. The fourth-order valence-electron chi connectivity index (χ4n) is 14.3. The van der Waals surface area contributed by atoms with Crippen LogP contribution in [0.2, 0.25) is 0 Å². The van der Waals surface area contributed by atoms with E-state index in [9.17, 15) is 47.1 Å². The predicted octanol–water partition coefficient (Wildman–Crippen LogP) is 15.4. The highest BCUT2D eigenvalue weighted by atomic mass is 79.9. The van der Waals surface area contributed by atoms with Gasteiger partial charge in [0.25, 0.3) is 5.91 Å². The Balaban J connectivity index is 0.000000119. The second-order valence-electron chi connectivity index (χ2n) is 25.8. The lowest BCUT2D eigenvalue weighted by atomic mass is 9.68. The third-order valence-electron chi connectivity index (χ3n) is 20.2. The molecule has 1 amide bonds. The molecule has 4 aromatic heterocycles. The lowest BCUT2D eigenvalue weighted by Crippen LogP contribution is -2.47. The molecule has 3 fully saturated rings. The number of methoxy groups -OCH3 is 2. The van der Waals surface area contributed by atoms with Crippen LogP contribution in [0.5, 0.6) is 0 Å². The van der Waals surface area contributed by atoms with Crippen LogP contribution in [0, 0.1) is 51.0 Å². The maximum Gasteiger partial charge on any atom is 0.316 e. The number of hydroxylamine groups is 1. The zero-order valence-corrected chi connectivity index (χ0v) is 57.4. The van der Waals surface area contributed by atoms with Gasteiger partial charge in [0.1, 0.15) is 23.3 Å². The smallest absolute Gasteiger partial charge is 0.316 e. The number of halogens is 5. The molecule has 22 heteroatoms. The van der Waals surface area contributed by atoms with Crippen molar-refractivity contribution in [2.24, 2.45) is 0 Å². The fraction of sp³-hybridized carbons (Fsp3) is 0.437. The van der Waals surface area contributed by atoms with Gasteiger partial charge in [0, 0.05) is 62.9 Å². The Labute approximate surface area is 562 Å². The maximum absolute atomic E-state index is 14.1. The summed E-state index contributed by atoms with van der Waals surface area (Å²) in [5.74, 6) is -1.37. The van der Waals surface area contributed by atoms with Crippen molar-refractivity contribution in [1.82, 2.24) is 25.4 Å². The molecular formula is C71H72BrF4N5O8S4. The van der Waals surface area contributed by atoms with E-state index in [1.54, 1.807) is 98.1 Å². The Bertz CT molecular complexity index is 4100. The van der Waals surface area contributed by atoms with E-state index in [1.165, 1.54) is 93.4 Å². The normalized spacial score (nSPS) is 22.5. The van der Waals surface area contributed by atoms with Gasteiger partial charge in [-0.15, -0.1) is 45.3 Å². The van der Waals surface area contributed by atoms with Crippen molar-refractivity contribution in [3.8, 4) is 0 Å². The highest BCUT2D eigenvalue weighted by molar-refractivity contribution is 9.11. The molecule has 0 bridgehead atoms. The Kier molecular flexibility index (Phi) is 19.0. The molecule has 13 nitrogen and oxygen atoms in total. The number of benzene rings is 4. The highest BCUT2D eigenvalue weighted by Gasteiger charge is 2.51. The van der Waals surface area contributed by atoms with E-state index in [1.807, 2.05) is 17.6 Å². The summed E-state index contributed by atoms with van der Waals surface area (Å²) in [6.07, 6.45) is 14.1. The summed E-state index contributed by atoms with van der Waals surface area (Å²) in [6, 6.07) is 19.5. The van der Waals surface area contributed by atoms with Gasteiger partial charge >= 0.3 is 17.9 Å². The van der Waals surface area contributed by atoms with Crippen LogP contribution in [0.3, 0.4) is 0 Å². The molecule has 8 aromatic rings. The molecule has 3 saturated carbocycles. The molecule has 0 radical (unpaired) electrons. The van der Waals surface area contributed by atoms with Gasteiger partial charge in [-0.25, -0.2) is 43.0 Å². The minimum Gasteiger partial charge on any atom is -0.481 e. The summed E-state index contributed by atoms with van der Waals surface area (Å²) < 4.78 is 67.2. The number of amides is 1. The number of thiazole rings is 4. The molecular weight excluding hydrogens is 1330 g/mol. The van der Waals surface area contributed by atoms with Crippen molar-refractivity contribution in [2.75, 3.05) is 14.2 Å². The molecule has 3 N–H and O–H groups in total. The molecule has 7 aliphatic rings. The maximum atomic E-state index is 14.1. The first-order chi connectivity index (χ1) is 44.6. The fourth-order valence-corrected chi connectivity index (χ4v) is 20.2. The van der Waals surface area contributed by atoms with Crippen molar-refractivity contribution in [3.05, 3.63) is 202 Å². The SMILES string of the molecule is COC(=O)C1(c2cccc(F)c2C)CCc2nc(Br)sc2C1.COC(=O)C1(c2cccc(F)c2C)CCc2nc(C3CC3)sc2C1.Cc1c(F)cccc1C1(C(=O)NO)CCc2nc(C3CC3)sc2C1.Cc1c(F)cccc1C1(C(=O)O)CCc2nc(C3CC3)sc2C1. The van der Waals surface area contributed by atoms with Crippen LogP contribution >= 0.6 is 61.3 Å². The summed E-state index contributed by atoms with van der Waals surface area (Å²) in [5.41, 5.74) is 7.17. The van der Waals surface area contributed by atoms with Crippen LogP contribution in [0.15, 0.2) is 76.7 Å². The Hall–Kier alpha value is -6.56. The Morgan fingerprint density at radius 3 is 1.10 bits per heavy atom. The number of hydrogen-bond donors (Lipinski definition) is 3. The number of carbonyl (C=O) groups is 4. The van der Waals surface area contributed by atoms with Crippen molar-refractivity contribution in [3.63, 3.8) is 0 Å². The van der Waals surface area contributed by atoms with E-state index in [-0.39, 0.29) is 35.2 Å². The number of rotatable bonds is 11. The number of fused-ring (bicyclic) bond motifs is 4. The van der Waals surface area contributed by atoms with Gasteiger partial charge in [-0.3, -0.25) is 24.4 Å². The quantitative estimate of drug-likeness (QED) is 0.0481. The van der Waals surface area contributed by atoms with Gasteiger partial charge in [-0.05, 0) is 202 Å². The number of carbonyl (C=O) groups excluding carboxylic acids is 3. The Morgan fingerprint density at radius 2 is 0.763 bits per heavy atom. The Morgan fingerprint density at radius 1 is 0.473 bits per heavy atom. The number of nitrogens with one attached hydrogen (secondary N) is 1. The van der Waals surface area contributed by atoms with Crippen LogP contribution < -0.4 is 5.48 Å². The van der Waals surface area contributed by atoms with E-state index < -0.39 is 33.5 Å². The number of carboxylic acids is 1. The summed E-state index contributed by atoms with van der Waals surface area (Å²) in [6.45, 7) is 6.82. The van der Waals surface area contributed by atoms with Crippen LogP contribution in [-0.2, 0) is 102 Å². The van der Waals surface area contributed by atoms with E-state index in [4.69, 9.17) is 24.4 Å². The average molecular weight is 1410 g/mol. The first kappa shape index (κ1) is 66.5. The average Bonchev–Trinajstić information content (AvgIpc) is 1.72. The third-order valence-corrected chi connectivity index (χ3v) is 25.5. The number of esters is 2. The number of aryl methyl sites for hydroxylation is 4. The minimum atomic E-state index is -1.04. The summed E-state index contributed by atoms with van der Waals surface area (Å²) in [7, 11) is 2.80. The summed E-state index contributed by atoms with van der Waals surface area (Å²) in [5, 5.41) is 22.8. The zero-order valence-electron chi connectivity index (χ0n) is 52.5. The molecule has 488 valence electrons. The molecule has 0 saturated heterocycles. The molecule has 4 aromatic carbocycles. The third kappa shape index (κ3) is 12.7. The summed E-state index contributed by atoms with van der Waals surface area (Å²) in [4.78, 5) is 73.2. The molecule has 15 rings (SSSR count). The first-order valence-corrected chi connectivity index (χ1v) is 35.6. The minimum absolute atomic E-state index is 0.274. The predicted molar refractivity (Wildman–Crippen MR) is 353 cm³/mol. The van der Waals surface area contributed by atoms with E-state index in [2.05, 4.69) is 20.9 Å². The van der Waals surface area contributed by atoms with Gasteiger partial charge in [0.15, 0.2) is 3.92 Å². The number of aromatic nitrogens is 4. The summed E-state index contributed by atoms with van der Waals surface area (Å²) >= 11 is 9.99. The van der Waals surface area contributed by atoms with Gasteiger partial charge in [0.2, 0.25) is 0 Å². The van der Waals surface area contributed by atoms with Gasteiger partial charge in [0.05, 0.1) is 73.7 Å². The number of aliphatic carboxylic acids is 1. The van der Waals surface area contributed by atoms with Crippen molar-refractivity contribution >= 4 is 85.1 Å². The van der Waals surface area contributed by atoms with Crippen LogP contribution in [0.1, 0.15) is 184 Å². The first-order valence-electron chi connectivity index (χ1n) is 31.6. The monoisotopic (exact) mass is 1410 g/mol. The molecule has 0 spiro atoms. The lowest BCUT2D eigenvalue weighted by molar-refractivity contribution is -0.149. The molecule has 4 heterocycles. The standard InChI is InChI=1S/C19H20FNO2S.C18H19FN2O2S.C18H18FNO2S.C16H15BrFNO2S/c1-11-13(4-3-5-14(11)20)19(18(22)23-2)9-8-15-16(10-19)24-17(21-15)12-6-7-12;1-10-12(3-2-4-13(10)19)18(17(22)21-23)8-7-14-15(9-18)24-16(20-14)11-5-6-11;1-10-12(3-2-4-13(10)19)18(17(21)22)8-7-14-15(9-18)23-16(20-14)11-5-6-11;1-9-10(4-3-5-11(9)18)16(14(20)21-2)7-6-12-13(8-16)22-15(17)19-12/h3-5,12H,6-10H2,1-2H3;2-4,11,23H,5-9H2,1H3,(H,21,22);2-4,11H,5-9H2,1H3,(H,21,22);3-5H,6-8H2,1-2H3. The zero-order chi connectivity index (χ0) is 65.9. The largest absolute Gasteiger partial charge is 0.481 e. The van der Waals surface area contributed by atoms with Crippen molar-refractivity contribution in [2.45, 2.75) is 183 Å². The van der Waals surface area contributed by atoms with Gasteiger partial charge in [-0.2, -0.15) is 0 Å². The number of ether oxygens (including phenoxy) is 2. The highest BCUT2D eigenvalue weighted by Crippen LogP contribution is 2.52. The van der Waals surface area contributed by atoms with E-state index >= 15 is 0 Å². The van der Waals surface area contributed by atoms with Gasteiger partial charge < -0.3 is 14.6 Å². The molecule has 0 aliphatic heterocycles. The molecule has 93 heavy (non-hydrogen) atoms. The van der Waals surface area contributed by atoms with E-state index in [0.29, 0.717) is 122 Å². The second kappa shape index (κ2) is 26.6. The molecule has 7 aliphatic carbocycles. The lowest BCUT2D eigenvalue weighted by Gasteiger charge is -2.36. The van der Waals surface area contributed by atoms with Crippen molar-refractivity contribution < 1.29 is 56.5 Å². The molecule has 4 unspecified atom stereocenters. The second-order valence-corrected chi connectivity index (χ2v) is 31.5. The van der Waals surface area contributed by atoms with Gasteiger partial charge in [-0.1, -0.05) is 48.5 Å².